The van der Waals surface area contributed by atoms with Crippen LogP contribution in [0.3, 0.4) is 0 Å². The average Bonchev–Trinajstić information content (AvgIpc) is 3.03. The van der Waals surface area contributed by atoms with Crippen LogP contribution in [-0.4, -0.2) is 17.4 Å². The van der Waals surface area contributed by atoms with E-state index in [1.165, 1.54) is 23.3 Å². The van der Waals surface area contributed by atoms with Gasteiger partial charge in [-0.25, -0.2) is 0 Å². The van der Waals surface area contributed by atoms with Crippen LogP contribution in [0.1, 0.15) is 42.7 Å². The van der Waals surface area contributed by atoms with Gasteiger partial charge in [0.25, 0.3) is 0 Å². The van der Waals surface area contributed by atoms with Crippen molar-refractivity contribution in [1.29, 1.82) is 0 Å². The summed E-state index contributed by atoms with van der Waals surface area (Å²) in [7, 11) is 0. The van der Waals surface area contributed by atoms with Gasteiger partial charge in [0.15, 0.2) is 0 Å². The molecule has 2 heterocycles. The van der Waals surface area contributed by atoms with Crippen LogP contribution in [0.25, 0.3) is 0 Å². The molecular weight excluding hydrogens is 218 g/mol. The van der Waals surface area contributed by atoms with E-state index >= 15 is 0 Å². The van der Waals surface area contributed by atoms with E-state index < -0.39 is 0 Å². The number of nitrogens with zero attached hydrogens (tertiary/aromatic N) is 1. The van der Waals surface area contributed by atoms with Crippen molar-refractivity contribution < 1.29 is 4.79 Å². The van der Waals surface area contributed by atoms with Gasteiger partial charge in [0, 0.05) is 17.8 Å². The van der Waals surface area contributed by atoms with Gasteiger partial charge < -0.3 is 4.90 Å². The van der Waals surface area contributed by atoms with Crippen molar-refractivity contribution in [2.45, 2.75) is 38.6 Å². The molecule has 0 spiro atoms. The van der Waals surface area contributed by atoms with E-state index in [0.717, 1.165) is 18.9 Å². The van der Waals surface area contributed by atoms with Crippen LogP contribution < -0.4 is 0 Å². The second-order valence-electron chi connectivity index (χ2n) is 4.77. The van der Waals surface area contributed by atoms with E-state index in [9.17, 15) is 4.79 Å². The predicted octanol–water partition coefficient (Wildman–Crippen LogP) is 2.99. The molecule has 1 aromatic heterocycles. The molecule has 1 unspecified atom stereocenters. The molecule has 16 heavy (non-hydrogen) atoms. The highest BCUT2D eigenvalue weighted by atomic mass is 32.1. The number of carbonyl (C=O) groups excluding carboxylic acids is 1. The second kappa shape index (κ2) is 3.88. The van der Waals surface area contributed by atoms with Gasteiger partial charge in [-0.2, -0.15) is 0 Å². The molecule has 2 aliphatic rings. The maximum absolute atomic E-state index is 12.0. The van der Waals surface area contributed by atoms with Gasteiger partial charge in [-0.3, -0.25) is 4.79 Å². The van der Waals surface area contributed by atoms with Crippen LogP contribution >= 0.6 is 11.3 Å². The molecule has 1 aromatic rings. The number of amides is 1. The minimum Gasteiger partial charge on any atom is -0.335 e. The Labute approximate surface area is 100 Å². The van der Waals surface area contributed by atoms with Crippen LogP contribution in [-0.2, 0) is 11.2 Å². The summed E-state index contributed by atoms with van der Waals surface area (Å²) in [6.07, 6.45) is 4.30. The first-order valence-electron chi connectivity index (χ1n) is 6.17. The predicted molar refractivity (Wildman–Crippen MR) is 65.5 cm³/mol. The largest absolute Gasteiger partial charge is 0.335 e. The molecular formula is C13H17NOS. The minimum absolute atomic E-state index is 0.328. The van der Waals surface area contributed by atoms with Gasteiger partial charge in [-0.05, 0) is 42.2 Å². The topological polar surface area (TPSA) is 20.3 Å². The number of hydrogen-bond acceptors (Lipinski definition) is 2. The van der Waals surface area contributed by atoms with Crippen molar-refractivity contribution in [2.75, 3.05) is 6.54 Å². The van der Waals surface area contributed by atoms with E-state index in [4.69, 9.17) is 0 Å². The zero-order valence-electron chi connectivity index (χ0n) is 9.61. The summed E-state index contributed by atoms with van der Waals surface area (Å²) in [6.45, 7) is 2.90. The molecule has 1 amide bonds. The van der Waals surface area contributed by atoms with Crippen molar-refractivity contribution in [3.8, 4) is 0 Å². The normalized spacial score (nSPS) is 24.3. The Kier molecular flexibility index (Phi) is 2.51. The van der Waals surface area contributed by atoms with Crippen LogP contribution in [0.2, 0.25) is 0 Å². The Bertz CT molecular complexity index is 408. The maximum atomic E-state index is 12.0. The highest BCUT2D eigenvalue weighted by molar-refractivity contribution is 7.10. The summed E-state index contributed by atoms with van der Waals surface area (Å²) in [4.78, 5) is 15.6. The zero-order valence-corrected chi connectivity index (χ0v) is 10.4. The van der Waals surface area contributed by atoms with Crippen LogP contribution in [0.4, 0.5) is 0 Å². The third kappa shape index (κ3) is 1.58. The van der Waals surface area contributed by atoms with Gasteiger partial charge in [0.1, 0.15) is 0 Å². The van der Waals surface area contributed by atoms with Crippen molar-refractivity contribution in [3.05, 3.63) is 21.9 Å². The molecule has 0 N–H and O–H groups in total. The first-order valence-corrected chi connectivity index (χ1v) is 7.05. The SMILES string of the molecule is CCC(=O)N1CCc2sccc2C1C1CC1. The molecule has 3 rings (SSSR count). The summed E-state index contributed by atoms with van der Waals surface area (Å²) in [5.74, 6) is 1.07. The Morgan fingerprint density at radius 2 is 2.38 bits per heavy atom. The van der Waals surface area contributed by atoms with Gasteiger partial charge in [0.2, 0.25) is 5.91 Å². The van der Waals surface area contributed by atoms with Crippen molar-refractivity contribution >= 4 is 17.2 Å². The molecule has 2 nitrogen and oxygen atoms in total. The molecule has 1 fully saturated rings. The number of fused-ring (bicyclic) bond motifs is 1. The van der Waals surface area contributed by atoms with Crippen molar-refractivity contribution in [3.63, 3.8) is 0 Å². The zero-order chi connectivity index (χ0) is 11.1. The summed E-state index contributed by atoms with van der Waals surface area (Å²) < 4.78 is 0. The third-order valence-electron chi connectivity index (χ3n) is 3.71. The molecule has 0 radical (unpaired) electrons. The molecule has 1 atom stereocenters. The lowest BCUT2D eigenvalue weighted by atomic mass is 9.95. The molecule has 0 bridgehead atoms. The van der Waals surface area contributed by atoms with Gasteiger partial charge >= 0.3 is 0 Å². The van der Waals surface area contributed by atoms with Gasteiger partial charge in [0.05, 0.1) is 6.04 Å². The van der Waals surface area contributed by atoms with E-state index in [2.05, 4.69) is 16.3 Å². The third-order valence-corrected chi connectivity index (χ3v) is 4.70. The Morgan fingerprint density at radius 3 is 3.06 bits per heavy atom. The number of thiophene rings is 1. The van der Waals surface area contributed by atoms with Crippen molar-refractivity contribution in [2.24, 2.45) is 5.92 Å². The van der Waals surface area contributed by atoms with E-state index in [1.807, 2.05) is 18.3 Å². The lowest BCUT2D eigenvalue weighted by Gasteiger charge is -2.36. The Balaban J connectivity index is 1.94. The lowest BCUT2D eigenvalue weighted by Crippen LogP contribution is -2.40. The Morgan fingerprint density at radius 1 is 1.56 bits per heavy atom. The summed E-state index contributed by atoms with van der Waals surface area (Å²) in [5, 5.41) is 2.18. The average molecular weight is 235 g/mol. The first-order chi connectivity index (χ1) is 7.81. The maximum Gasteiger partial charge on any atom is 0.222 e. The number of hydrogen-bond donors (Lipinski definition) is 0. The minimum atomic E-state index is 0.328. The monoisotopic (exact) mass is 235 g/mol. The standard InChI is InChI=1S/C13H17NOS/c1-2-12(15)14-7-5-11-10(6-8-16-11)13(14)9-3-4-9/h6,8-9,13H,2-5,7H2,1H3. The van der Waals surface area contributed by atoms with E-state index in [1.54, 1.807) is 0 Å². The smallest absolute Gasteiger partial charge is 0.222 e. The molecule has 1 saturated carbocycles. The van der Waals surface area contributed by atoms with Gasteiger partial charge in [-0.15, -0.1) is 11.3 Å². The quantitative estimate of drug-likeness (QED) is 0.771. The summed E-state index contributed by atoms with van der Waals surface area (Å²) >= 11 is 1.86. The van der Waals surface area contributed by atoms with Gasteiger partial charge in [-0.1, -0.05) is 6.92 Å². The second-order valence-corrected chi connectivity index (χ2v) is 5.77. The summed E-state index contributed by atoms with van der Waals surface area (Å²) in [5.41, 5.74) is 1.44. The summed E-state index contributed by atoms with van der Waals surface area (Å²) in [6, 6.07) is 2.64. The van der Waals surface area contributed by atoms with Crippen LogP contribution in [0.15, 0.2) is 11.4 Å². The van der Waals surface area contributed by atoms with Crippen LogP contribution in [0, 0.1) is 5.92 Å². The fraction of sp³-hybridized carbons (Fsp3) is 0.615. The lowest BCUT2D eigenvalue weighted by molar-refractivity contribution is -0.134. The number of carbonyl (C=O) groups is 1. The van der Waals surface area contributed by atoms with E-state index in [0.29, 0.717) is 18.4 Å². The fourth-order valence-corrected chi connectivity index (χ4v) is 3.66. The Hall–Kier alpha value is -0.830. The highest BCUT2D eigenvalue weighted by Crippen LogP contribution is 2.48. The molecule has 86 valence electrons. The molecule has 0 saturated heterocycles. The number of rotatable bonds is 2. The molecule has 3 heteroatoms. The van der Waals surface area contributed by atoms with Crippen molar-refractivity contribution in [1.82, 2.24) is 4.90 Å². The van der Waals surface area contributed by atoms with Crippen LogP contribution in [0.5, 0.6) is 0 Å². The fourth-order valence-electron chi connectivity index (χ4n) is 2.75. The highest BCUT2D eigenvalue weighted by Gasteiger charge is 2.41. The first kappa shape index (κ1) is 10.3. The van der Waals surface area contributed by atoms with E-state index in [-0.39, 0.29) is 0 Å². The molecule has 1 aliphatic carbocycles. The molecule has 0 aromatic carbocycles. The molecule has 1 aliphatic heterocycles.